The zero-order chi connectivity index (χ0) is 22.4. The number of furan rings is 1. The average Bonchev–Trinajstić information content (AvgIpc) is 3.17. The number of nitrogens with zero attached hydrogens (tertiary/aromatic N) is 1. The first-order valence-electron chi connectivity index (χ1n) is 11.2. The van der Waals surface area contributed by atoms with Crippen LogP contribution in [0.2, 0.25) is 13.1 Å². The van der Waals surface area contributed by atoms with E-state index in [0.717, 1.165) is 45.1 Å². The van der Waals surface area contributed by atoms with Gasteiger partial charge in [0.1, 0.15) is 24.0 Å². The molecule has 0 saturated heterocycles. The summed E-state index contributed by atoms with van der Waals surface area (Å²) >= 11 is 0. The number of fused-ring (bicyclic) bond motifs is 3. The molecule has 0 aliphatic heterocycles. The molecule has 4 heteroatoms. The molecule has 5 aromatic rings. The Kier molecular flexibility index (Phi) is 5.09. The van der Waals surface area contributed by atoms with Crippen LogP contribution >= 0.6 is 0 Å². The summed E-state index contributed by atoms with van der Waals surface area (Å²) in [6.07, 6.45) is 3.10. The molecular formula is C28H26BFNO+. The quantitative estimate of drug-likeness (QED) is 0.237. The van der Waals surface area contributed by atoms with Gasteiger partial charge in [0.25, 0.3) is 0 Å². The predicted octanol–water partition coefficient (Wildman–Crippen LogP) is 6.54. The van der Waals surface area contributed by atoms with E-state index in [9.17, 15) is 0 Å². The molecule has 32 heavy (non-hydrogen) atoms. The van der Waals surface area contributed by atoms with Crippen molar-refractivity contribution in [1.29, 1.82) is 0 Å². The summed E-state index contributed by atoms with van der Waals surface area (Å²) < 4.78 is 23.7. The Hall–Kier alpha value is -3.40. The lowest BCUT2D eigenvalue weighted by Gasteiger charge is -2.08. The van der Waals surface area contributed by atoms with Gasteiger partial charge in [-0.2, -0.15) is 0 Å². The molecule has 0 atom stereocenters. The van der Waals surface area contributed by atoms with E-state index in [4.69, 9.17) is 4.42 Å². The van der Waals surface area contributed by atoms with Crippen molar-refractivity contribution in [2.45, 2.75) is 27.0 Å². The highest BCUT2D eigenvalue weighted by Crippen LogP contribution is 2.41. The van der Waals surface area contributed by atoms with Gasteiger partial charge in [-0.25, -0.2) is 8.96 Å². The van der Waals surface area contributed by atoms with Gasteiger partial charge in [-0.05, 0) is 36.2 Å². The number of aryl methyl sites for hydroxylation is 2. The number of aromatic nitrogens is 1. The lowest BCUT2D eigenvalue weighted by molar-refractivity contribution is -0.660. The first-order valence-corrected chi connectivity index (χ1v) is 11.2. The van der Waals surface area contributed by atoms with Gasteiger partial charge in [0.05, 0.1) is 11.1 Å². The molecule has 0 aliphatic carbocycles. The lowest BCUT2D eigenvalue weighted by Crippen LogP contribution is -2.30. The minimum atomic E-state index is -0.267. The fourth-order valence-electron chi connectivity index (χ4n) is 4.56. The van der Waals surface area contributed by atoms with Crippen LogP contribution in [-0.4, -0.2) is 6.71 Å². The van der Waals surface area contributed by atoms with Crippen LogP contribution in [0, 0.1) is 12.7 Å². The normalized spacial score (nSPS) is 11.4. The summed E-state index contributed by atoms with van der Waals surface area (Å²) in [5, 5.41) is 1.93. The van der Waals surface area contributed by atoms with Crippen molar-refractivity contribution < 1.29 is 13.4 Å². The number of hydrogen-bond acceptors (Lipinski definition) is 1. The Morgan fingerprint density at radius 1 is 0.875 bits per heavy atom. The second kappa shape index (κ2) is 7.94. The summed E-state index contributed by atoms with van der Waals surface area (Å²) in [5.74, 6) is -0.267. The third-order valence-corrected chi connectivity index (χ3v) is 6.66. The Balaban J connectivity index is 1.79. The molecule has 158 valence electrons. The fourth-order valence-corrected chi connectivity index (χ4v) is 4.56. The van der Waals surface area contributed by atoms with Crippen LogP contribution in [0.25, 0.3) is 44.3 Å². The Bertz CT molecular complexity index is 1450. The highest BCUT2D eigenvalue weighted by molar-refractivity contribution is 6.71. The second-order valence-electron chi connectivity index (χ2n) is 8.66. The summed E-state index contributed by atoms with van der Waals surface area (Å²) in [6.45, 7) is 6.96. The minimum Gasteiger partial charge on any atom is -0.454 e. The largest absolute Gasteiger partial charge is 0.454 e. The van der Waals surface area contributed by atoms with E-state index in [1.807, 2.05) is 43.6 Å². The third-order valence-electron chi connectivity index (χ3n) is 6.66. The molecule has 0 aliphatic rings. The van der Waals surface area contributed by atoms with Crippen molar-refractivity contribution in [3.8, 4) is 22.4 Å². The van der Waals surface area contributed by atoms with E-state index in [0.29, 0.717) is 17.9 Å². The lowest BCUT2D eigenvalue weighted by atomic mass is 9.45. The molecule has 5 rings (SSSR count). The summed E-state index contributed by atoms with van der Waals surface area (Å²) in [6, 6.07) is 21.9. The van der Waals surface area contributed by atoms with Crippen molar-refractivity contribution >= 4 is 34.1 Å². The number of hydrogen-bond donors (Lipinski definition) is 0. The van der Waals surface area contributed by atoms with Crippen LogP contribution in [0.5, 0.6) is 0 Å². The number of benzene rings is 3. The van der Waals surface area contributed by atoms with Crippen LogP contribution in [0.1, 0.15) is 12.5 Å². The molecular weight excluding hydrogens is 396 g/mol. The van der Waals surface area contributed by atoms with Crippen molar-refractivity contribution in [3.05, 3.63) is 84.3 Å². The smallest absolute Gasteiger partial charge is 0.216 e. The minimum absolute atomic E-state index is 0.267. The third kappa shape index (κ3) is 3.22. The summed E-state index contributed by atoms with van der Waals surface area (Å²) in [4.78, 5) is 0. The van der Waals surface area contributed by atoms with Crippen LogP contribution in [0.15, 0.2) is 77.3 Å². The monoisotopic (exact) mass is 422 g/mol. The van der Waals surface area contributed by atoms with Crippen molar-refractivity contribution in [1.82, 2.24) is 0 Å². The predicted molar refractivity (Wildman–Crippen MR) is 132 cm³/mol. The zero-order valence-corrected chi connectivity index (χ0v) is 18.9. The topological polar surface area (TPSA) is 17.0 Å². The summed E-state index contributed by atoms with van der Waals surface area (Å²) in [7, 11) is 2.03. The Morgan fingerprint density at radius 3 is 2.25 bits per heavy atom. The molecule has 0 spiro atoms. The van der Waals surface area contributed by atoms with Gasteiger partial charge in [0, 0.05) is 22.9 Å². The van der Waals surface area contributed by atoms with Gasteiger partial charge >= 0.3 is 0 Å². The highest BCUT2D eigenvalue weighted by atomic mass is 19.1. The van der Waals surface area contributed by atoms with Crippen LogP contribution in [0.3, 0.4) is 0 Å². The standard InChI is InChI=1S/C28H26BFNO/c1-5-29(3)20-12-10-19(11-13-20)26-23(30)16-15-22-21-14-9-18(2)25(27(21)32-28(22)26)24-8-6-7-17-31(24)4/h6-17H,5H2,1-4H3/q+1. The van der Waals surface area contributed by atoms with Gasteiger partial charge in [0.15, 0.2) is 12.9 Å². The highest BCUT2D eigenvalue weighted by Gasteiger charge is 2.23. The SMILES string of the molecule is CCB(C)c1ccc(-c2c(F)ccc3c2oc2c(-c4cccc[n+]4C)c(C)ccc23)cc1. The Morgan fingerprint density at radius 2 is 1.56 bits per heavy atom. The van der Waals surface area contributed by atoms with Crippen molar-refractivity contribution in [2.24, 2.45) is 7.05 Å². The zero-order valence-electron chi connectivity index (χ0n) is 18.9. The van der Waals surface area contributed by atoms with Gasteiger partial charge in [0.2, 0.25) is 5.69 Å². The number of rotatable bonds is 4. The maximum atomic E-state index is 15.2. The van der Waals surface area contributed by atoms with Gasteiger partial charge in [-0.3, -0.25) is 0 Å². The summed E-state index contributed by atoms with van der Waals surface area (Å²) in [5.41, 5.74) is 7.25. The van der Waals surface area contributed by atoms with E-state index >= 15 is 4.39 Å². The molecule has 2 nitrogen and oxygen atoms in total. The van der Waals surface area contributed by atoms with Gasteiger partial charge in [-0.15, -0.1) is 0 Å². The van der Waals surface area contributed by atoms with E-state index in [2.05, 4.69) is 55.6 Å². The molecule has 2 aromatic heterocycles. The molecule has 2 heterocycles. The molecule has 0 N–H and O–H groups in total. The van der Waals surface area contributed by atoms with Gasteiger partial charge < -0.3 is 4.42 Å². The van der Waals surface area contributed by atoms with Crippen molar-refractivity contribution in [3.63, 3.8) is 0 Å². The van der Waals surface area contributed by atoms with E-state index in [1.165, 1.54) is 5.46 Å². The van der Waals surface area contributed by atoms with Crippen LogP contribution in [0.4, 0.5) is 4.39 Å². The number of halogens is 1. The Labute approximate surface area is 188 Å². The van der Waals surface area contributed by atoms with Crippen molar-refractivity contribution in [2.75, 3.05) is 0 Å². The van der Waals surface area contributed by atoms with E-state index in [1.54, 1.807) is 6.07 Å². The molecule has 0 saturated carbocycles. The number of pyridine rings is 1. The van der Waals surface area contributed by atoms with E-state index in [-0.39, 0.29) is 5.82 Å². The van der Waals surface area contributed by atoms with Gasteiger partial charge in [-0.1, -0.05) is 61.9 Å². The van der Waals surface area contributed by atoms with Crippen LogP contribution < -0.4 is 10.0 Å². The van der Waals surface area contributed by atoms with E-state index < -0.39 is 0 Å². The van der Waals surface area contributed by atoms with Crippen LogP contribution in [-0.2, 0) is 7.05 Å². The molecule has 0 bridgehead atoms. The average molecular weight is 422 g/mol. The first kappa shape index (κ1) is 20.5. The maximum Gasteiger partial charge on any atom is 0.216 e. The maximum absolute atomic E-state index is 15.2. The molecule has 3 aromatic carbocycles. The first-order chi connectivity index (χ1) is 15.5. The molecule has 0 amide bonds. The second-order valence-corrected chi connectivity index (χ2v) is 8.66. The fraction of sp³-hybridized carbons (Fsp3) is 0.179. The molecule has 0 unspecified atom stereocenters. The molecule has 0 fully saturated rings. The molecule has 0 radical (unpaired) electrons.